The summed E-state index contributed by atoms with van der Waals surface area (Å²) in [6, 6.07) is 5.74. The molecule has 0 amide bonds. The van der Waals surface area contributed by atoms with E-state index in [1.165, 1.54) is 16.9 Å². The van der Waals surface area contributed by atoms with Crippen molar-refractivity contribution in [2.24, 2.45) is 0 Å². The van der Waals surface area contributed by atoms with Gasteiger partial charge in [-0.3, -0.25) is 0 Å². The first-order valence-electron chi connectivity index (χ1n) is 6.90. The molecule has 1 heterocycles. The van der Waals surface area contributed by atoms with E-state index in [4.69, 9.17) is 11.3 Å². The average Bonchev–Trinajstić information content (AvgIpc) is 2.84. The van der Waals surface area contributed by atoms with Crippen LogP contribution in [0.4, 0.5) is 5.69 Å². The third-order valence-corrected chi connectivity index (χ3v) is 4.58. The second-order valence-corrected chi connectivity index (χ2v) is 5.82. The molecular formula is C16H14N2O2S. The number of rotatable bonds is 2. The molecule has 0 radical (unpaired) electrons. The van der Waals surface area contributed by atoms with Crippen molar-refractivity contribution in [1.82, 2.24) is 4.98 Å². The van der Waals surface area contributed by atoms with E-state index in [1.54, 1.807) is 6.92 Å². The Morgan fingerprint density at radius 3 is 3.10 bits per heavy atom. The summed E-state index contributed by atoms with van der Waals surface area (Å²) >= 11 is 1.39. The van der Waals surface area contributed by atoms with Crippen molar-refractivity contribution < 1.29 is 9.53 Å². The Labute approximate surface area is 127 Å². The fourth-order valence-corrected chi connectivity index (χ4v) is 3.60. The Morgan fingerprint density at radius 2 is 2.33 bits per heavy atom. The topological polar surface area (TPSA) is 43.5 Å². The molecule has 1 aromatic carbocycles. The third-order valence-electron chi connectivity index (χ3n) is 3.47. The van der Waals surface area contributed by atoms with Crippen LogP contribution >= 0.6 is 11.3 Å². The number of aryl methyl sites for hydroxylation is 2. The number of nitrogens with zero attached hydrogens (tertiary/aromatic N) is 2. The fourth-order valence-electron chi connectivity index (χ4n) is 2.54. The van der Waals surface area contributed by atoms with E-state index < -0.39 is 0 Å². The van der Waals surface area contributed by atoms with E-state index in [9.17, 15) is 4.79 Å². The van der Waals surface area contributed by atoms with Crippen LogP contribution in [0.2, 0.25) is 0 Å². The summed E-state index contributed by atoms with van der Waals surface area (Å²) in [7, 11) is 0. The number of ether oxygens (including phenoxy) is 1. The van der Waals surface area contributed by atoms with Gasteiger partial charge in [-0.05, 0) is 37.3 Å². The molecule has 0 atom stereocenters. The van der Waals surface area contributed by atoms with Crippen LogP contribution in [-0.4, -0.2) is 17.6 Å². The third kappa shape index (κ3) is 2.55. The lowest BCUT2D eigenvalue weighted by atomic mass is 10.0. The number of thiazole rings is 1. The number of benzene rings is 1. The number of fused-ring (bicyclic) bond motifs is 3. The second kappa shape index (κ2) is 5.66. The van der Waals surface area contributed by atoms with Gasteiger partial charge in [-0.1, -0.05) is 18.2 Å². The maximum absolute atomic E-state index is 11.8. The molecule has 0 aliphatic heterocycles. The van der Waals surface area contributed by atoms with E-state index in [2.05, 4.69) is 9.83 Å². The van der Waals surface area contributed by atoms with Crippen LogP contribution < -0.4 is 0 Å². The van der Waals surface area contributed by atoms with Crippen LogP contribution in [0.5, 0.6) is 0 Å². The average molecular weight is 298 g/mol. The van der Waals surface area contributed by atoms with Crippen molar-refractivity contribution >= 4 is 23.0 Å². The molecule has 0 spiro atoms. The molecule has 0 saturated carbocycles. The van der Waals surface area contributed by atoms with Gasteiger partial charge in [0.1, 0.15) is 0 Å². The fraction of sp³-hybridized carbons (Fsp3) is 0.312. The molecule has 1 aliphatic rings. The number of carbonyl (C=O) groups is 1. The van der Waals surface area contributed by atoms with Crippen molar-refractivity contribution in [2.45, 2.75) is 26.2 Å². The predicted octanol–water partition coefficient (Wildman–Crippen LogP) is 4.03. The summed E-state index contributed by atoms with van der Waals surface area (Å²) < 4.78 is 5.03. The molecule has 0 fully saturated rings. The molecule has 21 heavy (non-hydrogen) atoms. The minimum Gasteiger partial charge on any atom is -0.461 e. The van der Waals surface area contributed by atoms with Crippen molar-refractivity contribution in [1.29, 1.82) is 0 Å². The first kappa shape index (κ1) is 13.8. The lowest BCUT2D eigenvalue weighted by molar-refractivity contribution is 0.0525. The number of aromatic nitrogens is 1. The zero-order chi connectivity index (χ0) is 14.8. The Hall–Kier alpha value is -2.19. The highest BCUT2D eigenvalue weighted by molar-refractivity contribution is 7.17. The van der Waals surface area contributed by atoms with Gasteiger partial charge in [0.2, 0.25) is 5.01 Å². The van der Waals surface area contributed by atoms with Crippen LogP contribution in [-0.2, 0) is 17.6 Å². The van der Waals surface area contributed by atoms with Gasteiger partial charge in [0.15, 0.2) is 5.69 Å². The van der Waals surface area contributed by atoms with Gasteiger partial charge in [0.25, 0.3) is 0 Å². The van der Waals surface area contributed by atoms with Gasteiger partial charge in [0, 0.05) is 0 Å². The van der Waals surface area contributed by atoms with Crippen LogP contribution in [0.15, 0.2) is 18.2 Å². The smallest absolute Gasteiger partial charge is 0.367 e. The normalized spacial score (nSPS) is 12.8. The second-order valence-electron chi connectivity index (χ2n) is 4.82. The van der Waals surface area contributed by atoms with Crippen LogP contribution in [0.3, 0.4) is 0 Å². The largest absolute Gasteiger partial charge is 0.461 e. The molecule has 5 heteroatoms. The first-order chi connectivity index (χ1) is 10.2. The summed E-state index contributed by atoms with van der Waals surface area (Å²) in [6.07, 6.45) is 2.78. The Balaban J connectivity index is 2.07. The summed E-state index contributed by atoms with van der Waals surface area (Å²) in [5, 5.41) is 0.420. The van der Waals surface area contributed by atoms with Crippen LogP contribution in [0.25, 0.3) is 15.3 Å². The highest BCUT2D eigenvalue weighted by Gasteiger charge is 2.22. The maximum atomic E-state index is 11.8. The molecule has 3 rings (SSSR count). The molecule has 0 N–H and O–H groups in total. The summed E-state index contributed by atoms with van der Waals surface area (Å²) in [5.41, 5.74) is 3.90. The van der Waals surface area contributed by atoms with Crippen molar-refractivity contribution in [2.75, 3.05) is 6.61 Å². The molecule has 1 aliphatic carbocycles. The number of hydrogen-bond donors (Lipinski definition) is 0. The minimum atomic E-state index is -0.352. The van der Waals surface area contributed by atoms with Gasteiger partial charge in [-0.25, -0.2) is 14.6 Å². The molecule has 4 nitrogen and oxygen atoms in total. The Morgan fingerprint density at radius 1 is 1.48 bits per heavy atom. The van der Waals surface area contributed by atoms with Crippen molar-refractivity contribution in [3.8, 4) is 10.4 Å². The zero-order valence-electron chi connectivity index (χ0n) is 11.7. The standard InChI is InChI=1S/C16H14N2O2S/c1-3-20-16(19)15-18-13-6-4-5-10-9-11(17-2)7-8-12(10)14(13)21-15/h7-9H,3-6H2,1H3. The molecule has 0 unspecified atom stereocenters. The van der Waals surface area contributed by atoms with Gasteiger partial charge < -0.3 is 4.74 Å². The van der Waals surface area contributed by atoms with Gasteiger partial charge in [0.05, 0.1) is 23.8 Å². The molecule has 0 saturated heterocycles. The van der Waals surface area contributed by atoms with E-state index in [-0.39, 0.29) is 5.97 Å². The van der Waals surface area contributed by atoms with Crippen molar-refractivity contribution in [3.05, 3.63) is 45.9 Å². The Kier molecular flexibility index (Phi) is 3.72. The maximum Gasteiger partial charge on any atom is 0.367 e. The predicted molar refractivity (Wildman–Crippen MR) is 81.8 cm³/mol. The SMILES string of the molecule is [C-]#[N+]c1ccc2c(c1)CCCc1nc(C(=O)OCC)sc1-2. The molecule has 1 aromatic heterocycles. The van der Waals surface area contributed by atoms with Crippen LogP contribution in [0, 0.1) is 6.57 Å². The van der Waals surface area contributed by atoms with Gasteiger partial charge >= 0.3 is 5.97 Å². The van der Waals surface area contributed by atoms with Crippen LogP contribution in [0.1, 0.15) is 34.4 Å². The molecule has 2 aromatic rings. The lowest BCUT2D eigenvalue weighted by Gasteiger charge is -2.05. The van der Waals surface area contributed by atoms with E-state index in [1.807, 2.05) is 18.2 Å². The molecule has 0 bridgehead atoms. The Bertz CT molecular complexity index is 743. The lowest BCUT2D eigenvalue weighted by Crippen LogP contribution is -2.04. The quantitative estimate of drug-likeness (QED) is 0.621. The van der Waals surface area contributed by atoms with Crippen molar-refractivity contribution in [3.63, 3.8) is 0 Å². The zero-order valence-corrected chi connectivity index (χ0v) is 12.5. The van der Waals surface area contributed by atoms with E-state index in [0.29, 0.717) is 17.3 Å². The van der Waals surface area contributed by atoms with Gasteiger partial charge in [-0.2, -0.15) is 0 Å². The number of esters is 1. The summed E-state index contributed by atoms with van der Waals surface area (Å²) in [5.74, 6) is -0.352. The minimum absolute atomic E-state index is 0.352. The highest BCUT2D eigenvalue weighted by Crippen LogP contribution is 2.38. The van der Waals surface area contributed by atoms with E-state index in [0.717, 1.165) is 35.4 Å². The number of hydrogen-bond acceptors (Lipinski definition) is 4. The summed E-state index contributed by atoms with van der Waals surface area (Å²) in [6.45, 7) is 9.27. The monoisotopic (exact) mass is 298 g/mol. The molecule has 106 valence electrons. The highest BCUT2D eigenvalue weighted by atomic mass is 32.1. The molecular weight excluding hydrogens is 284 g/mol. The summed E-state index contributed by atoms with van der Waals surface area (Å²) in [4.78, 5) is 20.8. The first-order valence-corrected chi connectivity index (χ1v) is 7.72. The van der Waals surface area contributed by atoms with Gasteiger partial charge in [-0.15, -0.1) is 11.3 Å². The van der Waals surface area contributed by atoms with E-state index >= 15 is 0 Å². The number of carbonyl (C=O) groups excluding carboxylic acids is 1.